The van der Waals surface area contributed by atoms with Gasteiger partial charge in [0.1, 0.15) is 0 Å². The van der Waals surface area contributed by atoms with Gasteiger partial charge in [0.05, 0.1) is 11.4 Å². The monoisotopic (exact) mass is 632 g/mol. The molecule has 232 valence electrons. The molecule has 0 aliphatic rings. The molecule has 0 radical (unpaired) electrons. The van der Waals surface area contributed by atoms with Gasteiger partial charge in [0, 0.05) is 20.6 Å². The van der Waals surface area contributed by atoms with Crippen LogP contribution in [0.2, 0.25) is 0 Å². The van der Waals surface area contributed by atoms with Gasteiger partial charge < -0.3 is 0 Å². The lowest BCUT2D eigenvalue weighted by Crippen LogP contribution is -1.92. The van der Waals surface area contributed by atoms with E-state index in [2.05, 4.69) is 121 Å². The normalized spacial score (nSPS) is 10.9. The number of aliphatic imine (C=N–C) groups is 2. The molecule has 0 atom stereocenters. The summed E-state index contributed by atoms with van der Waals surface area (Å²) in [5, 5.41) is 4.19. The molecule has 6 aromatic rings. The summed E-state index contributed by atoms with van der Waals surface area (Å²) in [6.07, 6.45) is 9.68. The van der Waals surface area contributed by atoms with Gasteiger partial charge in [-0.2, -0.15) is 9.98 Å². The highest BCUT2D eigenvalue weighted by molar-refractivity contribution is 7.99. The van der Waals surface area contributed by atoms with Crippen molar-refractivity contribution in [3.63, 3.8) is 0 Å². The lowest BCUT2D eigenvalue weighted by molar-refractivity contribution is 0.564. The zero-order valence-electron chi connectivity index (χ0n) is 26.8. The molecule has 0 unspecified atom stereocenters. The number of hydrogen-bond donors (Lipinski definition) is 0. The first-order chi connectivity index (χ1) is 23.2. The quantitative estimate of drug-likeness (QED) is 0.0996. The molecule has 6 aromatic carbocycles. The van der Waals surface area contributed by atoms with Crippen molar-refractivity contribution in [3.8, 4) is 22.3 Å². The number of isocyanates is 2. The van der Waals surface area contributed by atoms with Gasteiger partial charge in [0.2, 0.25) is 12.2 Å². The largest absolute Gasteiger partial charge is 0.240 e. The van der Waals surface area contributed by atoms with Gasteiger partial charge in [-0.15, -0.1) is 0 Å². The predicted octanol–water partition coefficient (Wildman–Crippen LogP) is 12.1. The minimum atomic E-state index is 0.661. The van der Waals surface area contributed by atoms with E-state index >= 15 is 0 Å². The lowest BCUT2D eigenvalue weighted by atomic mass is 9.92. The summed E-state index contributed by atoms with van der Waals surface area (Å²) in [4.78, 5) is 33.2. The summed E-state index contributed by atoms with van der Waals surface area (Å²) >= 11 is 1.74. The third-order valence-corrected chi connectivity index (χ3v) is 9.87. The molecule has 0 N–H and O–H groups in total. The molecule has 0 amide bonds. The molecule has 5 heteroatoms. The van der Waals surface area contributed by atoms with Gasteiger partial charge in [-0.1, -0.05) is 123 Å². The van der Waals surface area contributed by atoms with Gasteiger partial charge in [-0.3, -0.25) is 0 Å². The van der Waals surface area contributed by atoms with Crippen LogP contribution in [0.1, 0.15) is 50.7 Å². The Balaban J connectivity index is 1.49. The van der Waals surface area contributed by atoms with Crippen LogP contribution >= 0.6 is 11.8 Å². The Hall–Kier alpha value is -5.05. The van der Waals surface area contributed by atoms with Crippen molar-refractivity contribution in [3.05, 3.63) is 120 Å². The second kappa shape index (κ2) is 15.0. The Kier molecular flexibility index (Phi) is 10.2. The second-order valence-corrected chi connectivity index (χ2v) is 12.7. The first-order valence-corrected chi connectivity index (χ1v) is 17.1. The minimum Gasteiger partial charge on any atom is -0.211 e. The Bertz CT molecular complexity index is 2020. The molecule has 0 fully saturated rings. The number of rotatable bonds is 12. The molecule has 0 saturated carbocycles. The van der Waals surface area contributed by atoms with Crippen molar-refractivity contribution in [2.75, 3.05) is 0 Å². The fourth-order valence-electron chi connectivity index (χ4n) is 6.51. The number of aryl methyl sites for hydroxylation is 2. The van der Waals surface area contributed by atoms with Gasteiger partial charge in [0.15, 0.2) is 0 Å². The Morgan fingerprint density at radius 2 is 0.957 bits per heavy atom. The predicted molar refractivity (Wildman–Crippen MR) is 196 cm³/mol. The number of fused-ring (bicyclic) bond motifs is 2. The summed E-state index contributed by atoms with van der Waals surface area (Å²) in [7, 11) is 0. The zero-order chi connectivity index (χ0) is 32.6. The first kappa shape index (κ1) is 31.9. The van der Waals surface area contributed by atoms with E-state index in [1.54, 1.807) is 23.9 Å². The van der Waals surface area contributed by atoms with Gasteiger partial charge in [0.25, 0.3) is 0 Å². The molecule has 47 heavy (non-hydrogen) atoms. The van der Waals surface area contributed by atoms with Gasteiger partial charge in [-0.25, -0.2) is 9.59 Å². The highest BCUT2D eigenvalue weighted by atomic mass is 32.2. The van der Waals surface area contributed by atoms with Crippen molar-refractivity contribution in [1.82, 2.24) is 0 Å². The average molecular weight is 633 g/mol. The molecular formula is C42H36N2O2S. The molecule has 4 nitrogen and oxygen atoms in total. The van der Waals surface area contributed by atoms with E-state index in [-0.39, 0.29) is 0 Å². The fourth-order valence-corrected chi connectivity index (χ4v) is 7.61. The number of benzene rings is 6. The first-order valence-electron chi connectivity index (χ1n) is 16.3. The number of unbranched alkanes of at least 4 members (excludes halogenated alkanes) is 2. The Labute approximate surface area is 280 Å². The number of nitrogens with zero attached hydrogens (tertiary/aromatic N) is 2. The van der Waals surface area contributed by atoms with Crippen molar-refractivity contribution in [2.45, 2.75) is 62.2 Å². The van der Waals surface area contributed by atoms with Crippen molar-refractivity contribution in [2.24, 2.45) is 9.98 Å². The second-order valence-electron chi connectivity index (χ2n) is 11.7. The zero-order valence-corrected chi connectivity index (χ0v) is 27.6. The van der Waals surface area contributed by atoms with Crippen LogP contribution in [0.4, 0.5) is 11.4 Å². The van der Waals surface area contributed by atoms with Crippen molar-refractivity contribution >= 4 is 56.8 Å². The third-order valence-electron chi connectivity index (χ3n) is 8.72. The maximum atomic E-state index is 11.4. The summed E-state index contributed by atoms with van der Waals surface area (Å²) < 4.78 is 0. The molecule has 6 rings (SSSR count). The van der Waals surface area contributed by atoms with E-state index in [1.165, 1.54) is 11.1 Å². The van der Waals surface area contributed by atoms with E-state index in [9.17, 15) is 9.59 Å². The van der Waals surface area contributed by atoms with Crippen LogP contribution in [0.5, 0.6) is 0 Å². The molecule has 0 aliphatic heterocycles. The summed E-state index contributed by atoms with van der Waals surface area (Å²) in [5.41, 5.74) is 8.16. The van der Waals surface area contributed by atoms with Crippen LogP contribution in [0.3, 0.4) is 0 Å². The highest BCUT2D eigenvalue weighted by Crippen LogP contribution is 2.46. The van der Waals surface area contributed by atoms with E-state index in [1.807, 2.05) is 12.1 Å². The molecule has 0 spiro atoms. The van der Waals surface area contributed by atoms with Crippen molar-refractivity contribution in [1.29, 1.82) is 0 Å². The number of hydrogen-bond acceptors (Lipinski definition) is 5. The van der Waals surface area contributed by atoms with E-state index in [4.69, 9.17) is 0 Å². The standard InChI is InChI=1S/C42H36N2O2S/c1-3-5-13-29-15-11-19-35-31(23-25-37(41(29)35)43-27-45)33-17-7-9-21-39(33)47-40-22-10-8-18-34(40)32-24-26-38(44-28-46)42-30(14-6-4-2)16-12-20-36(32)42/h7-12,15-26H,3-6,13-14H2,1-2H3. The summed E-state index contributed by atoms with van der Waals surface area (Å²) in [6.45, 7) is 4.38. The van der Waals surface area contributed by atoms with Crippen LogP contribution in [0.15, 0.2) is 129 Å². The van der Waals surface area contributed by atoms with E-state index < -0.39 is 0 Å². The Morgan fingerprint density at radius 3 is 1.38 bits per heavy atom. The van der Waals surface area contributed by atoms with Crippen molar-refractivity contribution < 1.29 is 9.59 Å². The third kappa shape index (κ3) is 6.61. The van der Waals surface area contributed by atoms with Crippen LogP contribution in [-0.4, -0.2) is 12.2 Å². The van der Waals surface area contributed by atoms with E-state index in [0.29, 0.717) is 11.4 Å². The smallest absolute Gasteiger partial charge is 0.211 e. The van der Waals surface area contributed by atoms with Gasteiger partial charge in [-0.05, 0) is 94.1 Å². The maximum Gasteiger partial charge on any atom is 0.240 e. The topological polar surface area (TPSA) is 58.9 Å². The van der Waals surface area contributed by atoms with Crippen LogP contribution < -0.4 is 0 Å². The molecule has 0 bridgehead atoms. The average Bonchev–Trinajstić information content (AvgIpc) is 3.11. The van der Waals surface area contributed by atoms with Crippen LogP contribution in [0, 0.1) is 0 Å². The summed E-state index contributed by atoms with van der Waals surface area (Å²) in [6, 6.07) is 37.8. The molecule has 0 aliphatic carbocycles. The molecule has 0 saturated heterocycles. The molecule has 0 heterocycles. The van der Waals surface area contributed by atoms with Crippen LogP contribution in [0.25, 0.3) is 43.8 Å². The summed E-state index contributed by atoms with van der Waals surface area (Å²) in [5.74, 6) is 0. The van der Waals surface area contributed by atoms with E-state index in [0.717, 1.165) is 92.1 Å². The maximum absolute atomic E-state index is 11.4. The number of carbonyl (C=O) groups excluding carboxylic acids is 2. The molecule has 0 aromatic heterocycles. The minimum absolute atomic E-state index is 0.661. The van der Waals surface area contributed by atoms with Gasteiger partial charge >= 0.3 is 0 Å². The lowest BCUT2D eigenvalue weighted by Gasteiger charge is -2.17. The fraction of sp³-hybridized carbons (Fsp3) is 0.190. The van der Waals surface area contributed by atoms with Crippen LogP contribution in [-0.2, 0) is 22.4 Å². The molecular weight excluding hydrogens is 597 g/mol. The SMILES string of the molecule is CCCCc1cccc2c(-c3ccccc3Sc3ccccc3-c3ccc(N=C=O)c4c(CCCC)cccc34)ccc(N=C=O)c12. The Morgan fingerprint density at radius 1 is 0.511 bits per heavy atom. The highest BCUT2D eigenvalue weighted by Gasteiger charge is 2.18.